The molecule has 0 spiro atoms. The first kappa shape index (κ1) is 16.5. The predicted molar refractivity (Wildman–Crippen MR) is 86.8 cm³/mol. The van der Waals surface area contributed by atoms with Gasteiger partial charge in [0.1, 0.15) is 0 Å². The maximum absolute atomic E-state index is 11.1. The molecule has 0 saturated heterocycles. The lowest BCUT2D eigenvalue weighted by Gasteiger charge is -2.18. The minimum absolute atomic E-state index is 0.562. The topological polar surface area (TPSA) is 78.0 Å². The highest BCUT2D eigenvalue weighted by molar-refractivity contribution is 6.30. The summed E-state index contributed by atoms with van der Waals surface area (Å²) in [7, 11) is 0. The van der Waals surface area contributed by atoms with E-state index in [0.717, 1.165) is 16.8 Å². The molecule has 0 bridgehead atoms. The second-order valence-electron chi connectivity index (χ2n) is 5.90. The molecule has 5 nitrogen and oxygen atoms in total. The molecule has 1 aromatic carbocycles. The van der Waals surface area contributed by atoms with Gasteiger partial charge in [0.05, 0.1) is 17.3 Å². The molecule has 22 heavy (non-hydrogen) atoms. The lowest BCUT2D eigenvalue weighted by atomic mass is 9.90. The summed E-state index contributed by atoms with van der Waals surface area (Å²) in [5.41, 5.74) is 2.20. The van der Waals surface area contributed by atoms with Crippen LogP contribution in [0.2, 0.25) is 5.02 Å². The molecule has 0 aliphatic rings. The fraction of sp³-hybridized carbons (Fsp3) is 0.375. The van der Waals surface area contributed by atoms with Gasteiger partial charge in [0.15, 0.2) is 0 Å². The van der Waals surface area contributed by atoms with Crippen molar-refractivity contribution in [2.75, 3.05) is 6.54 Å². The summed E-state index contributed by atoms with van der Waals surface area (Å²) in [6.45, 7) is 4.70. The van der Waals surface area contributed by atoms with Crippen molar-refractivity contribution in [3.63, 3.8) is 0 Å². The van der Waals surface area contributed by atoms with E-state index in [1.165, 1.54) is 0 Å². The van der Waals surface area contributed by atoms with Crippen LogP contribution in [0.1, 0.15) is 25.8 Å². The maximum atomic E-state index is 11.1. The van der Waals surface area contributed by atoms with Crippen molar-refractivity contribution in [2.45, 2.75) is 26.8 Å². The first-order valence-electron chi connectivity index (χ1n) is 7.12. The second kappa shape index (κ2) is 6.94. The number of nitrogens with one attached hydrogen (secondary N) is 2. The maximum Gasteiger partial charge on any atom is 0.309 e. The zero-order valence-corrected chi connectivity index (χ0v) is 13.4. The van der Waals surface area contributed by atoms with Crippen LogP contribution >= 0.6 is 11.6 Å². The van der Waals surface area contributed by atoms with Crippen LogP contribution in [0.3, 0.4) is 0 Å². The van der Waals surface area contributed by atoms with E-state index in [2.05, 4.69) is 15.5 Å². The Morgan fingerprint density at radius 1 is 1.45 bits per heavy atom. The van der Waals surface area contributed by atoms with Crippen molar-refractivity contribution < 1.29 is 9.90 Å². The van der Waals surface area contributed by atoms with Gasteiger partial charge in [0.25, 0.3) is 0 Å². The molecule has 3 N–H and O–H groups in total. The molecular formula is C16H20ClN3O2. The monoisotopic (exact) mass is 321 g/mol. The average molecular weight is 322 g/mol. The van der Waals surface area contributed by atoms with Crippen LogP contribution in [0, 0.1) is 5.41 Å². The number of carboxylic acid groups (broad SMARTS) is 1. The molecule has 1 aromatic heterocycles. The van der Waals surface area contributed by atoms with Crippen molar-refractivity contribution >= 4 is 17.6 Å². The van der Waals surface area contributed by atoms with Crippen molar-refractivity contribution in [1.29, 1.82) is 0 Å². The molecule has 0 amide bonds. The van der Waals surface area contributed by atoms with Gasteiger partial charge in [-0.15, -0.1) is 0 Å². The minimum atomic E-state index is -0.780. The van der Waals surface area contributed by atoms with E-state index in [0.29, 0.717) is 24.5 Å². The van der Waals surface area contributed by atoms with Gasteiger partial charge >= 0.3 is 5.97 Å². The molecule has 6 heteroatoms. The van der Waals surface area contributed by atoms with Gasteiger partial charge in [-0.05, 0) is 38.9 Å². The number of benzene rings is 1. The van der Waals surface area contributed by atoms with Crippen molar-refractivity contribution in [1.82, 2.24) is 15.5 Å². The zero-order valence-electron chi connectivity index (χ0n) is 12.7. The van der Waals surface area contributed by atoms with Gasteiger partial charge in [-0.2, -0.15) is 5.10 Å². The molecule has 0 saturated carbocycles. The molecule has 0 radical (unpaired) electrons. The third-order valence-corrected chi connectivity index (χ3v) is 3.89. The SMILES string of the molecule is CC(C)(CCNCc1cn[nH]c1-c1cccc(Cl)c1)C(=O)O. The molecule has 0 aliphatic heterocycles. The Hall–Kier alpha value is -1.85. The normalized spacial score (nSPS) is 11.6. The number of hydrogen-bond acceptors (Lipinski definition) is 3. The number of aliphatic carboxylic acids is 1. The van der Waals surface area contributed by atoms with Crippen LogP contribution < -0.4 is 5.32 Å². The number of aromatic amines is 1. The van der Waals surface area contributed by atoms with Crippen LogP contribution in [0.15, 0.2) is 30.5 Å². The number of aromatic nitrogens is 2. The van der Waals surface area contributed by atoms with Crippen LogP contribution in [-0.2, 0) is 11.3 Å². The largest absolute Gasteiger partial charge is 0.481 e. The fourth-order valence-corrected chi connectivity index (χ4v) is 2.26. The van der Waals surface area contributed by atoms with Crippen molar-refractivity contribution in [3.8, 4) is 11.3 Å². The first-order chi connectivity index (χ1) is 10.4. The summed E-state index contributed by atoms with van der Waals surface area (Å²) in [6, 6.07) is 7.57. The third-order valence-electron chi connectivity index (χ3n) is 3.65. The van der Waals surface area contributed by atoms with Crippen LogP contribution in [-0.4, -0.2) is 27.8 Å². The average Bonchev–Trinajstić information content (AvgIpc) is 2.92. The number of rotatable bonds is 7. The third kappa shape index (κ3) is 4.08. The number of hydrogen-bond donors (Lipinski definition) is 3. The summed E-state index contributed by atoms with van der Waals surface area (Å²) in [5.74, 6) is -0.780. The molecule has 0 unspecified atom stereocenters. The van der Waals surface area contributed by atoms with E-state index in [-0.39, 0.29) is 0 Å². The van der Waals surface area contributed by atoms with E-state index in [1.807, 2.05) is 24.3 Å². The number of halogens is 1. The highest BCUT2D eigenvalue weighted by Crippen LogP contribution is 2.24. The van der Waals surface area contributed by atoms with Gasteiger partial charge in [0, 0.05) is 22.7 Å². The van der Waals surface area contributed by atoms with E-state index in [9.17, 15) is 4.79 Å². The van der Waals surface area contributed by atoms with Crippen molar-refractivity contribution in [3.05, 3.63) is 41.0 Å². The van der Waals surface area contributed by atoms with Gasteiger partial charge in [-0.25, -0.2) is 0 Å². The summed E-state index contributed by atoms with van der Waals surface area (Å²) < 4.78 is 0. The van der Waals surface area contributed by atoms with E-state index < -0.39 is 11.4 Å². The highest BCUT2D eigenvalue weighted by Gasteiger charge is 2.26. The Kier molecular flexibility index (Phi) is 5.21. The van der Waals surface area contributed by atoms with Crippen molar-refractivity contribution in [2.24, 2.45) is 5.41 Å². The smallest absolute Gasteiger partial charge is 0.309 e. The summed E-state index contributed by atoms with van der Waals surface area (Å²) in [6.07, 6.45) is 2.33. The molecule has 2 rings (SSSR count). The Morgan fingerprint density at radius 2 is 2.23 bits per heavy atom. The molecule has 0 aliphatic carbocycles. The second-order valence-corrected chi connectivity index (χ2v) is 6.33. The van der Waals surface area contributed by atoms with Gasteiger partial charge in [0.2, 0.25) is 0 Å². The van der Waals surface area contributed by atoms with Gasteiger partial charge < -0.3 is 10.4 Å². The highest BCUT2D eigenvalue weighted by atomic mass is 35.5. The lowest BCUT2D eigenvalue weighted by Crippen LogP contribution is -2.28. The number of carboxylic acids is 1. The van der Waals surface area contributed by atoms with E-state index in [4.69, 9.17) is 16.7 Å². The van der Waals surface area contributed by atoms with E-state index in [1.54, 1.807) is 20.0 Å². The first-order valence-corrected chi connectivity index (χ1v) is 7.50. The predicted octanol–water partition coefficient (Wildman–Crippen LogP) is 3.32. The molecule has 0 atom stereocenters. The summed E-state index contributed by atoms with van der Waals surface area (Å²) in [5, 5.41) is 20.1. The van der Waals surface area contributed by atoms with Gasteiger partial charge in [-0.3, -0.25) is 9.89 Å². The molecule has 118 valence electrons. The Morgan fingerprint density at radius 3 is 2.91 bits per heavy atom. The van der Waals surface area contributed by atoms with Gasteiger partial charge in [-0.1, -0.05) is 23.7 Å². The summed E-state index contributed by atoms with van der Waals surface area (Å²) >= 11 is 6.02. The van der Waals surface area contributed by atoms with E-state index >= 15 is 0 Å². The van der Waals surface area contributed by atoms with Crippen LogP contribution in [0.4, 0.5) is 0 Å². The minimum Gasteiger partial charge on any atom is -0.481 e. The lowest BCUT2D eigenvalue weighted by molar-refractivity contribution is -0.147. The summed E-state index contributed by atoms with van der Waals surface area (Å²) in [4.78, 5) is 11.1. The molecule has 0 fully saturated rings. The Bertz CT molecular complexity index is 652. The number of carbonyl (C=O) groups is 1. The standard InChI is InChI=1S/C16H20ClN3O2/c1-16(2,15(21)22)6-7-18-9-12-10-19-20-14(12)11-4-3-5-13(17)8-11/h3-5,8,10,18H,6-7,9H2,1-2H3,(H,19,20)(H,21,22). The molecule has 1 heterocycles. The Balaban J connectivity index is 1.95. The zero-order chi connectivity index (χ0) is 16.2. The quantitative estimate of drug-likeness (QED) is 0.684. The van der Waals surface area contributed by atoms with Crippen LogP contribution in [0.5, 0.6) is 0 Å². The number of nitrogens with zero attached hydrogens (tertiary/aromatic N) is 1. The van der Waals surface area contributed by atoms with Crippen LogP contribution in [0.25, 0.3) is 11.3 Å². The number of H-pyrrole nitrogens is 1. The fourth-order valence-electron chi connectivity index (χ4n) is 2.07. The molecular weight excluding hydrogens is 302 g/mol. The molecule has 2 aromatic rings. The Labute approximate surface area is 134 Å².